The van der Waals surface area contributed by atoms with Crippen LogP contribution in [0.15, 0.2) is 29.1 Å². The molecule has 7 heteroatoms. The first-order valence-corrected chi connectivity index (χ1v) is 7.18. The summed E-state index contributed by atoms with van der Waals surface area (Å²) in [5.41, 5.74) is 6.28. The third-order valence-corrected chi connectivity index (χ3v) is 4.21. The third-order valence-electron chi connectivity index (χ3n) is 4.21. The van der Waals surface area contributed by atoms with Crippen LogP contribution in [-0.4, -0.2) is 16.4 Å². The van der Waals surface area contributed by atoms with Crippen molar-refractivity contribution in [2.45, 2.75) is 18.8 Å². The van der Waals surface area contributed by atoms with Gasteiger partial charge in [-0.15, -0.1) is 0 Å². The molecule has 2 aromatic rings. The van der Waals surface area contributed by atoms with Crippen LogP contribution in [0.3, 0.4) is 0 Å². The Kier molecular flexibility index (Phi) is 2.69. The highest BCUT2D eigenvalue weighted by molar-refractivity contribution is 6.23. The fourth-order valence-electron chi connectivity index (χ4n) is 2.92. The molecule has 0 bridgehead atoms. The minimum atomic E-state index is -0.640. The van der Waals surface area contributed by atoms with Gasteiger partial charge in [0.25, 0.3) is 17.4 Å². The van der Waals surface area contributed by atoms with Crippen molar-refractivity contribution < 1.29 is 14.0 Å². The SMILES string of the molecule is Nc1c2c(cc(=O)n1-c1ccc(F)c(C3CC3)c1)C(=O)NC2=O. The van der Waals surface area contributed by atoms with Gasteiger partial charge in [-0.1, -0.05) is 0 Å². The molecule has 0 atom stereocenters. The van der Waals surface area contributed by atoms with E-state index in [1.165, 1.54) is 12.1 Å². The first-order chi connectivity index (χ1) is 11.0. The van der Waals surface area contributed by atoms with Gasteiger partial charge in [0.2, 0.25) is 0 Å². The van der Waals surface area contributed by atoms with Gasteiger partial charge in [0.05, 0.1) is 16.8 Å². The number of rotatable bonds is 2. The second kappa shape index (κ2) is 4.52. The van der Waals surface area contributed by atoms with Gasteiger partial charge in [-0.2, -0.15) is 0 Å². The van der Waals surface area contributed by atoms with Crippen molar-refractivity contribution in [3.63, 3.8) is 0 Å². The van der Waals surface area contributed by atoms with Gasteiger partial charge in [0.1, 0.15) is 11.6 Å². The molecule has 1 aliphatic heterocycles. The van der Waals surface area contributed by atoms with E-state index in [-0.39, 0.29) is 28.7 Å². The number of hydrogen-bond donors (Lipinski definition) is 2. The molecule has 4 rings (SSSR count). The first kappa shape index (κ1) is 13.7. The Morgan fingerprint density at radius 1 is 1.13 bits per heavy atom. The predicted octanol–water partition coefficient (Wildman–Crippen LogP) is 1.32. The zero-order valence-electron chi connectivity index (χ0n) is 11.9. The van der Waals surface area contributed by atoms with E-state index in [0.29, 0.717) is 11.3 Å². The van der Waals surface area contributed by atoms with Crippen molar-refractivity contribution in [3.8, 4) is 5.69 Å². The van der Waals surface area contributed by atoms with Crippen molar-refractivity contribution in [2.75, 3.05) is 5.73 Å². The highest BCUT2D eigenvalue weighted by Crippen LogP contribution is 2.42. The quantitative estimate of drug-likeness (QED) is 0.818. The molecule has 2 heterocycles. The molecule has 0 spiro atoms. The van der Waals surface area contributed by atoms with Gasteiger partial charge in [-0.05, 0) is 42.5 Å². The van der Waals surface area contributed by atoms with Crippen LogP contribution in [-0.2, 0) is 0 Å². The Balaban J connectivity index is 1.96. The number of fused-ring (bicyclic) bond motifs is 1. The van der Waals surface area contributed by atoms with Crippen LogP contribution in [0.4, 0.5) is 10.2 Å². The largest absolute Gasteiger partial charge is 0.384 e. The van der Waals surface area contributed by atoms with Crippen LogP contribution < -0.4 is 16.6 Å². The molecule has 1 saturated carbocycles. The second-order valence-electron chi connectivity index (χ2n) is 5.76. The molecular weight excluding hydrogens is 301 g/mol. The number of benzene rings is 1. The molecule has 2 aliphatic rings. The summed E-state index contributed by atoms with van der Waals surface area (Å²) in [5, 5.41) is 2.11. The maximum Gasteiger partial charge on any atom is 0.262 e. The average molecular weight is 313 g/mol. The molecule has 1 aromatic carbocycles. The number of nitrogen functional groups attached to an aromatic ring is 1. The minimum Gasteiger partial charge on any atom is -0.384 e. The number of nitrogens with zero attached hydrogens (tertiary/aromatic N) is 1. The number of carbonyl (C=O) groups excluding carboxylic acids is 2. The summed E-state index contributed by atoms with van der Waals surface area (Å²) in [5.74, 6) is -1.56. The standard InChI is InChI=1S/C16H12FN3O3/c17-11-4-3-8(5-9(11)7-1-2-7)20-12(21)6-10-13(14(20)18)16(23)19-15(10)22/h3-7H,1-2,18H2,(H,19,22,23). The highest BCUT2D eigenvalue weighted by atomic mass is 19.1. The first-order valence-electron chi connectivity index (χ1n) is 7.18. The molecule has 6 nitrogen and oxygen atoms in total. The van der Waals surface area contributed by atoms with E-state index in [1.54, 1.807) is 6.07 Å². The Morgan fingerprint density at radius 2 is 1.87 bits per heavy atom. The zero-order valence-corrected chi connectivity index (χ0v) is 11.9. The number of carbonyl (C=O) groups is 2. The van der Waals surface area contributed by atoms with E-state index in [4.69, 9.17) is 5.73 Å². The van der Waals surface area contributed by atoms with E-state index in [1.807, 2.05) is 0 Å². The highest BCUT2D eigenvalue weighted by Gasteiger charge is 2.32. The number of halogens is 1. The Bertz CT molecular complexity index is 944. The van der Waals surface area contributed by atoms with Crippen LogP contribution in [0.5, 0.6) is 0 Å². The molecule has 1 aromatic heterocycles. The lowest BCUT2D eigenvalue weighted by molar-refractivity contribution is 0.0880. The summed E-state index contributed by atoms with van der Waals surface area (Å²) in [6, 6.07) is 5.37. The van der Waals surface area contributed by atoms with Crippen LogP contribution in [0.2, 0.25) is 0 Å². The van der Waals surface area contributed by atoms with E-state index >= 15 is 0 Å². The zero-order chi connectivity index (χ0) is 16.3. The Hall–Kier alpha value is -2.96. The summed E-state index contributed by atoms with van der Waals surface area (Å²) in [6.45, 7) is 0. The predicted molar refractivity (Wildman–Crippen MR) is 80.2 cm³/mol. The fraction of sp³-hybridized carbons (Fsp3) is 0.188. The number of imide groups is 1. The number of nitrogens with one attached hydrogen (secondary N) is 1. The lowest BCUT2D eigenvalue weighted by atomic mass is 10.1. The summed E-state index contributed by atoms with van der Waals surface area (Å²) in [4.78, 5) is 35.8. The summed E-state index contributed by atoms with van der Waals surface area (Å²) in [6.07, 6.45) is 1.82. The van der Waals surface area contributed by atoms with Crippen molar-refractivity contribution in [1.29, 1.82) is 0 Å². The summed E-state index contributed by atoms with van der Waals surface area (Å²) < 4.78 is 15.0. The number of amides is 2. The van der Waals surface area contributed by atoms with Gasteiger partial charge in [-0.3, -0.25) is 24.3 Å². The lowest BCUT2D eigenvalue weighted by Crippen LogP contribution is -2.24. The third kappa shape index (κ3) is 1.97. The van der Waals surface area contributed by atoms with E-state index in [2.05, 4.69) is 5.32 Å². The second-order valence-corrected chi connectivity index (χ2v) is 5.76. The van der Waals surface area contributed by atoms with Gasteiger partial charge >= 0.3 is 0 Å². The topological polar surface area (TPSA) is 94.2 Å². The fourth-order valence-corrected chi connectivity index (χ4v) is 2.92. The molecule has 23 heavy (non-hydrogen) atoms. The normalized spacial score (nSPS) is 16.4. The molecule has 0 unspecified atom stereocenters. The van der Waals surface area contributed by atoms with Crippen molar-refractivity contribution in [2.24, 2.45) is 0 Å². The van der Waals surface area contributed by atoms with Crippen molar-refractivity contribution in [3.05, 3.63) is 57.1 Å². The van der Waals surface area contributed by atoms with Crippen molar-refractivity contribution in [1.82, 2.24) is 9.88 Å². The van der Waals surface area contributed by atoms with Gasteiger partial charge in [0, 0.05) is 6.07 Å². The average Bonchev–Trinajstić information content (AvgIpc) is 3.28. The Morgan fingerprint density at radius 3 is 2.57 bits per heavy atom. The number of aromatic nitrogens is 1. The van der Waals surface area contributed by atoms with E-state index in [9.17, 15) is 18.8 Å². The van der Waals surface area contributed by atoms with Crippen LogP contribution in [0, 0.1) is 5.82 Å². The van der Waals surface area contributed by atoms with Gasteiger partial charge < -0.3 is 5.73 Å². The number of pyridine rings is 1. The molecule has 1 fully saturated rings. The summed E-state index contributed by atoms with van der Waals surface area (Å²) >= 11 is 0. The molecule has 0 saturated heterocycles. The number of hydrogen-bond acceptors (Lipinski definition) is 4. The van der Waals surface area contributed by atoms with E-state index in [0.717, 1.165) is 23.5 Å². The van der Waals surface area contributed by atoms with Crippen LogP contribution in [0.1, 0.15) is 45.0 Å². The molecular formula is C16H12FN3O3. The van der Waals surface area contributed by atoms with E-state index < -0.39 is 17.4 Å². The van der Waals surface area contributed by atoms with Crippen LogP contribution >= 0.6 is 0 Å². The smallest absolute Gasteiger partial charge is 0.262 e. The maximum atomic E-state index is 13.9. The van der Waals surface area contributed by atoms with Gasteiger partial charge in [-0.25, -0.2) is 4.39 Å². The number of nitrogens with two attached hydrogens (primary N) is 1. The molecule has 3 N–H and O–H groups in total. The summed E-state index contributed by atoms with van der Waals surface area (Å²) in [7, 11) is 0. The molecule has 1 aliphatic carbocycles. The van der Waals surface area contributed by atoms with Gasteiger partial charge in [0.15, 0.2) is 0 Å². The molecule has 2 amide bonds. The monoisotopic (exact) mass is 313 g/mol. The number of anilines is 1. The maximum absolute atomic E-state index is 13.9. The molecule has 0 radical (unpaired) electrons. The lowest BCUT2D eigenvalue weighted by Gasteiger charge is -2.13. The molecule has 116 valence electrons. The van der Waals surface area contributed by atoms with Crippen molar-refractivity contribution >= 4 is 17.6 Å². The Labute approximate surface area is 129 Å². The van der Waals surface area contributed by atoms with Crippen LogP contribution in [0.25, 0.3) is 5.69 Å². The minimum absolute atomic E-state index is 0.0214.